The Labute approximate surface area is 148 Å². The molecule has 4 heteroatoms. The summed E-state index contributed by atoms with van der Waals surface area (Å²) in [7, 11) is 0. The summed E-state index contributed by atoms with van der Waals surface area (Å²) in [5, 5.41) is 3.33. The number of rotatable bonds is 4. The SMILES string of the molecule is CCc1ccc(Nc2nc(C)cc(N3CCc4ccccc43)n2)cc1. The number of hydrogen-bond donors (Lipinski definition) is 1. The van der Waals surface area contributed by atoms with Gasteiger partial charge in [0.2, 0.25) is 5.95 Å². The molecule has 0 atom stereocenters. The lowest BCUT2D eigenvalue weighted by molar-refractivity contribution is 0.959. The monoisotopic (exact) mass is 330 g/mol. The standard InChI is InChI=1S/C21H22N4/c1-3-16-8-10-18(11-9-16)23-21-22-15(2)14-20(24-21)25-13-12-17-6-4-5-7-19(17)25/h4-11,14H,3,12-13H2,1-2H3,(H,22,23,24). The van der Waals surface area contributed by atoms with E-state index in [2.05, 4.69) is 70.7 Å². The predicted molar refractivity (Wildman–Crippen MR) is 103 cm³/mol. The maximum Gasteiger partial charge on any atom is 0.229 e. The van der Waals surface area contributed by atoms with Crippen LogP contribution in [0, 0.1) is 6.92 Å². The summed E-state index contributed by atoms with van der Waals surface area (Å²) < 4.78 is 0. The second-order valence-corrected chi connectivity index (χ2v) is 6.40. The van der Waals surface area contributed by atoms with Crippen LogP contribution in [0.1, 0.15) is 23.7 Å². The van der Waals surface area contributed by atoms with Crippen LogP contribution in [0.2, 0.25) is 0 Å². The molecule has 0 bridgehead atoms. The first-order valence-electron chi connectivity index (χ1n) is 8.80. The molecule has 0 fully saturated rings. The normalized spacial score (nSPS) is 13.0. The van der Waals surface area contributed by atoms with Gasteiger partial charge in [-0.25, -0.2) is 4.98 Å². The van der Waals surface area contributed by atoms with Crippen molar-refractivity contribution in [2.45, 2.75) is 26.7 Å². The third-order valence-corrected chi connectivity index (χ3v) is 4.62. The molecule has 0 aliphatic carbocycles. The van der Waals surface area contributed by atoms with Crippen LogP contribution in [-0.2, 0) is 12.8 Å². The minimum atomic E-state index is 0.642. The highest BCUT2D eigenvalue weighted by molar-refractivity contribution is 5.68. The van der Waals surface area contributed by atoms with Crippen molar-refractivity contribution in [3.8, 4) is 0 Å². The van der Waals surface area contributed by atoms with Crippen molar-refractivity contribution in [2.75, 3.05) is 16.8 Å². The lowest BCUT2D eigenvalue weighted by Gasteiger charge is -2.19. The van der Waals surface area contributed by atoms with Gasteiger partial charge < -0.3 is 10.2 Å². The van der Waals surface area contributed by atoms with Crippen molar-refractivity contribution in [1.82, 2.24) is 9.97 Å². The quantitative estimate of drug-likeness (QED) is 0.747. The molecule has 2 aromatic carbocycles. The predicted octanol–water partition coefficient (Wildman–Crippen LogP) is 4.79. The number of para-hydroxylation sites is 1. The van der Waals surface area contributed by atoms with Gasteiger partial charge in [-0.3, -0.25) is 0 Å². The molecule has 3 aromatic rings. The molecule has 2 heterocycles. The van der Waals surface area contributed by atoms with E-state index in [1.807, 2.05) is 13.0 Å². The van der Waals surface area contributed by atoms with E-state index in [4.69, 9.17) is 4.98 Å². The number of anilines is 4. The zero-order valence-corrected chi connectivity index (χ0v) is 14.7. The van der Waals surface area contributed by atoms with E-state index >= 15 is 0 Å². The molecule has 0 saturated carbocycles. The minimum Gasteiger partial charge on any atom is -0.326 e. The summed E-state index contributed by atoms with van der Waals surface area (Å²) in [5.41, 5.74) is 5.92. The second-order valence-electron chi connectivity index (χ2n) is 6.40. The maximum absolute atomic E-state index is 4.76. The van der Waals surface area contributed by atoms with E-state index in [1.165, 1.54) is 16.8 Å². The van der Waals surface area contributed by atoms with Crippen molar-refractivity contribution in [3.05, 3.63) is 71.4 Å². The number of fused-ring (bicyclic) bond motifs is 1. The third-order valence-electron chi connectivity index (χ3n) is 4.62. The maximum atomic E-state index is 4.76. The highest BCUT2D eigenvalue weighted by atomic mass is 15.2. The van der Waals surface area contributed by atoms with Gasteiger partial charge in [-0.15, -0.1) is 0 Å². The number of benzene rings is 2. The number of nitrogens with zero attached hydrogens (tertiary/aromatic N) is 3. The topological polar surface area (TPSA) is 41.1 Å². The molecular formula is C21H22N4. The molecule has 126 valence electrons. The minimum absolute atomic E-state index is 0.642. The summed E-state index contributed by atoms with van der Waals surface area (Å²) in [5.74, 6) is 1.59. The van der Waals surface area contributed by atoms with Gasteiger partial charge in [0.25, 0.3) is 0 Å². The van der Waals surface area contributed by atoms with Crippen LogP contribution in [-0.4, -0.2) is 16.5 Å². The van der Waals surface area contributed by atoms with E-state index in [0.29, 0.717) is 5.95 Å². The van der Waals surface area contributed by atoms with Crippen LogP contribution < -0.4 is 10.2 Å². The van der Waals surface area contributed by atoms with E-state index in [0.717, 1.165) is 36.6 Å². The first-order valence-corrected chi connectivity index (χ1v) is 8.80. The third kappa shape index (κ3) is 3.20. The van der Waals surface area contributed by atoms with Crippen molar-refractivity contribution in [1.29, 1.82) is 0 Å². The fourth-order valence-electron chi connectivity index (χ4n) is 3.28. The van der Waals surface area contributed by atoms with E-state index in [9.17, 15) is 0 Å². The van der Waals surface area contributed by atoms with Crippen molar-refractivity contribution in [3.63, 3.8) is 0 Å². The molecule has 1 aromatic heterocycles. The Morgan fingerprint density at radius 2 is 1.84 bits per heavy atom. The molecule has 0 spiro atoms. The smallest absolute Gasteiger partial charge is 0.229 e. The largest absolute Gasteiger partial charge is 0.326 e. The van der Waals surface area contributed by atoms with Gasteiger partial charge in [0.1, 0.15) is 5.82 Å². The molecule has 0 radical (unpaired) electrons. The molecule has 1 N–H and O–H groups in total. The molecule has 0 saturated heterocycles. The molecular weight excluding hydrogens is 308 g/mol. The highest BCUT2D eigenvalue weighted by Crippen LogP contribution is 2.33. The Morgan fingerprint density at radius 3 is 2.64 bits per heavy atom. The summed E-state index contributed by atoms with van der Waals surface area (Å²) in [6, 6.07) is 19.0. The van der Waals surface area contributed by atoms with E-state index < -0.39 is 0 Å². The number of aryl methyl sites for hydroxylation is 2. The Bertz CT molecular complexity index is 887. The number of nitrogens with one attached hydrogen (secondary N) is 1. The molecule has 1 aliphatic rings. The lowest BCUT2D eigenvalue weighted by atomic mass is 10.1. The first kappa shape index (κ1) is 15.6. The Morgan fingerprint density at radius 1 is 1.04 bits per heavy atom. The lowest BCUT2D eigenvalue weighted by Crippen LogP contribution is -2.16. The van der Waals surface area contributed by atoms with Crippen LogP contribution in [0.25, 0.3) is 0 Å². The van der Waals surface area contributed by atoms with Crippen molar-refractivity contribution >= 4 is 23.1 Å². The van der Waals surface area contributed by atoms with Gasteiger partial charge >= 0.3 is 0 Å². The fraction of sp³-hybridized carbons (Fsp3) is 0.238. The highest BCUT2D eigenvalue weighted by Gasteiger charge is 2.21. The Hall–Kier alpha value is -2.88. The van der Waals surface area contributed by atoms with Gasteiger partial charge in [0, 0.05) is 29.7 Å². The van der Waals surface area contributed by atoms with Crippen LogP contribution in [0.4, 0.5) is 23.1 Å². The summed E-state index contributed by atoms with van der Waals surface area (Å²) in [4.78, 5) is 11.6. The zero-order chi connectivity index (χ0) is 17.2. The van der Waals surface area contributed by atoms with Crippen LogP contribution in [0.3, 0.4) is 0 Å². The summed E-state index contributed by atoms with van der Waals surface area (Å²) in [6.07, 6.45) is 2.10. The van der Waals surface area contributed by atoms with Gasteiger partial charge in [-0.2, -0.15) is 4.98 Å². The average molecular weight is 330 g/mol. The fourth-order valence-corrected chi connectivity index (χ4v) is 3.28. The van der Waals surface area contributed by atoms with Gasteiger partial charge in [-0.05, 0) is 49.1 Å². The van der Waals surface area contributed by atoms with Gasteiger partial charge in [0.05, 0.1) is 0 Å². The Kier molecular flexibility index (Phi) is 4.10. The molecule has 0 amide bonds. The van der Waals surface area contributed by atoms with E-state index in [1.54, 1.807) is 0 Å². The second kappa shape index (κ2) is 6.55. The van der Waals surface area contributed by atoms with Gasteiger partial charge in [-0.1, -0.05) is 37.3 Å². The van der Waals surface area contributed by atoms with Crippen LogP contribution in [0.5, 0.6) is 0 Å². The molecule has 0 unspecified atom stereocenters. The first-order chi connectivity index (χ1) is 12.2. The number of hydrogen-bond acceptors (Lipinski definition) is 4. The molecule has 1 aliphatic heterocycles. The van der Waals surface area contributed by atoms with Crippen molar-refractivity contribution < 1.29 is 0 Å². The van der Waals surface area contributed by atoms with Crippen molar-refractivity contribution in [2.24, 2.45) is 0 Å². The zero-order valence-electron chi connectivity index (χ0n) is 14.7. The van der Waals surface area contributed by atoms with E-state index in [-0.39, 0.29) is 0 Å². The molecule has 4 rings (SSSR count). The number of aromatic nitrogens is 2. The van der Waals surface area contributed by atoms with Crippen LogP contribution >= 0.6 is 0 Å². The Balaban J connectivity index is 1.63. The molecule has 25 heavy (non-hydrogen) atoms. The summed E-state index contributed by atoms with van der Waals surface area (Å²) >= 11 is 0. The molecule has 4 nitrogen and oxygen atoms in total. The van der Waals surface area contributed by atoms with Crippen LogP contribution in [0.15, 0.2) is 54.6 Å². The van der Waals surface area contributed by atoms with Gasteiger partial charge in [0.15, 0.2) is 0 Å². The average Bonchev–Trinajstić information content (AvgIpc) is 3.06. The summed E-state index contributed by atoms with van der Waals surface area (Å²) in [6.45, 7) is 5.13.